The third-order valence-electron chi connectivity index (χ3n) is 2.87. The molecule has 5 nitrogen and oxygen atoms in total. The molecule has 0 saturated heterocycles. The van der Waals surface area contributed by atoms with Crippen LogP contribution in [-0.2, 0) is 0 Å². The van der Waals surface area contributed by atoms with Gasteiger partial charge in [-0.1, -0.05) is 18.2 Å². The zero-order valence-electron chi connectivity index (χ0n) is 10.9. The molecule has 2 heterocycles. The van der Waals surface area contributed by atoms with E-state index in [1.807, 2.05) is 6.92 Å². The fourth-order valence-corrected chi connectivity index (χ4v) is 2.67. The van der Waals surface area contributed by atoms with Crippen molar-refractivity contribution in [2.24, 2.45) is 0 Å². The smallest absolute Gasteiger partial charge is 0.263 e. The minimum Gasteiger partial charge on any atom is -0.493 e. The maximum absolute atomic E-state index is 13.8. The zero-order valence-corrected chi connectivity index (χ0v) is 11.7. The van der Waals surface area contributed by atoms with E-state index in [9.17, 15) is 14.3 Å². The van der Waals surface area contributed by atoms with E-state index in [0.717, 1.165) is 5.69 Å². The fourth-order valence-electron chi connectivity index (χ4n) is 1.93. The number of H-pyrrole nitrogens is 1. The van der Waals surface area contributed by atoms with E-state index >= 15 is 0 Å². The van der Waals surface area contributed by atoms with E-state index < -0.39 is 17.3 Å². The topological polar surface area (TPSA) is 78.9 Å². The molecular formula is C14H10FN3O2S. The van der Waals surface area contributed by atoms with Crippen LogP contribution in [0, 0.1) is 12.7 Å². The van der Waals surface area contributed by atoms with E-state index in [1.165, 1.54) is 29.5 Å². The summed E-state index contributed by atoms with van der Waals surface area (Å²) in [7, 11) is 0. The van der Waals surface area contributed by atoms with E-state index in [2.05, 4.69) is 15.0 Å². The van der Waals surface area contributed by atoms with Crippen molar-refractivity contribution >= 4 is 11.3 Å². The van der Waals surface area contributed by atoms with Gasteiger partial charge in [0.25, 0.3) is 5.56 Å². The Morgan fingerprint density at radius 3 is 2.67 bits per heavy atom. The first kappa shape index (κ1) is 13.4. The van der Waals surface area contributed by atoms with Crippen molar-refractivity contribution in [1.29, 1.82) is 0 Å². The van der Waals surface area contributed by atoms with Crippen LogP contribution in [0.4, 0.5) is 4.39 Å². The Bertz CT molecular complexity index is 873. The lowest BCUT2D eigenvalue weighted by atomic mass is 10.1. The number of hydrogen-bond donors (Lipinski definition) is 2. The van der Waals surface area contributed by atoms with Crippen LogP contribution in [0.5, 0.6) is 5.88 Å². The molecule has 3 aromatic rings. The lowest BCUT2D eigenvalue weighted by Gasteiger charge is -2.05. The second kappa shape index (κ2) is 5.10. The molecule has 0 aliphatic carbocycles. The maximum Gasteiger partial charge on any atom is 0.263 e. The third-order valence-corrected chi connectivity index (χ3v) is 3.83. The highest BCUT2D eigenvalue weighted by molar-refractivity contribution is 7.13. The summed E-state index contributed by atoms with van der Waals surface area (Å²) in [6.45, 7) is 1.81. The Morgan fingerprint density at radius 2 is 2.05 bits per heavy atom. The van der Waals surface area contributed by atoms with Gasteiger partial charge in [-0.15, -0.1) is 11.3 Å². The number of aromatic nitrogens is 3. The van der Waals surface area contributed by atoms with Crippen LogP contribution >= 0.6 is 11.3 Å². The number of aromatic hydroxyl groups is 1. The number of nitrogens with one attached hydrogen (secondary N) is 1. The minimum absolute atomic E-state index is 0.00520. The standard InChI is InChI=1S/C14H10FN3O2S/c1-7-6-21-14(16-7)11-17-12(19)10(13(20)18-11)8-4-2-3-5-9(8)15/h2-6H,1H3,(H2,17,18,19,20). The molecule has 3 rings (SSSR count). The second-order valence-corrected chi connectivity index (χ2v) is 5.25. The predicted octanol–water partition coefficient (Wildman–Crippen LogP) is 2.71. The molecule has 21 heavy (non-hydrogen) atoms. The summed E-state index contributed by atoms with van der Waals surface area (Å²) in [5, 5.41) is 12.3. The molecule has 0 unspecified atom stereocenters. The Labute approximate surface area is 122 Å². The number of hydrogen-bond acceptors (Lipinski definition) is 5. The molecule has 0 atom stereocenters. The highest BCUT2D eigenvalue weighted by atomic mass is 32.1. The van der Waals surface area contributed by atoms with E-state index in [4.69, 9.17) is 0 Å². The lowest BCUT2D eigenvalue weighted by molar-refractivity contribution is 0.453. The monoisotopic (exact) mass is 303 g/mol. The quantitative estimate of drug-likeness (QED) is 0.763. The molecule has 0 aliphatic heterocycles. The maximum atomic E-state index is 13.8. The van der Waals surface area contributed by atoms with Gasteiger partial charge in [-0.3, -0.25) is 4.79 Å². The van der Waals surface area contributed by atoms with Crippen LogP contribution in [0.2, 0.25) is 0 Å². The summed E-state index contributed by atoms with van der Waals surface area (Å²) in [6, 6.07) is 5.71. The van der Waals surface area contributed by atoms with Gasteiger partial charge in [-0.25, -0.2) is 9.37 Å². The first-order chi connectivity index (χ1) is 10.1. The summed E-state index contributed by atoms with van der Waals surface area (Å²) in [6.07, 6.45) is 0. The molecular weight excluding hydrogens is 293 g/mol. The molecule has 0 amide bonds. The van der Waals surface area contributed by atoms with Crippen LogP contribution < -0.4 is 5.56 Å². The number of rotatable bonds is 2. The van der Waals surface area contributed by atoms with E-state index in [0.29, 0.717) is 5.01 Å². The summed E-state index contributed by atoms with van der Waals surface area (Å²) in [5.74, 6) is -0.958. The summed E-state index contributed by atoms with van der Waals surface area (Å²) in [5.41, 5.74) is -0.0125. The Morgan fingerprint density at radius 1 is 1.29 bits per heavy atom. The van der Waals surface area contributed by atoms with Gasteiger partial charge in [0.15, 0.2) is 10.8 Å². The molecule has 7 heteroatoms. The molecule has 106 valence electrons. The zero-order chi connectivity index (χ0) is 15.0. The number of nitrogens with zero attached hydrogens (tertiary/aromatic N) is 2. The van der Waals surface area contributed by atoms with Crippen LogP contribution in [-0.4, -0.2) is 20.1 Å². The highest BCUT2D eigenvalue weighted by Crippen LogP contribution is 2.28. The summed E-state index contributed by atoms with van der Waals surface area (Å²) in [4.78, 5) is 22.8. The summed E-state index contributed by atoms with van der Waals surface area (Å²) < 4.78 is 13.8. The van der Waals surface area contributed by atoms with Crippen molar-refractivity contribution in [2.75, 3.05) is 0 Å². The van der Waals surface area contributed by atoms with Gasteiger partial charge in [0, 0.05) is 16.6 Å². The van der Waals surface area contributed by atoms with E-state index in [-0.39, 0.29) is 17.0 Å². The fraction of sp³-hybridized carbons (Fsp3) is 0.0714. The van der Waals surface area contributed by atoms with Crippen molar-refractivity contribution in [3.63, 3.8) is 0 Å². The minimum atomic E-state index is -0.615. The van der Waals surface area contributed by atoms with E-state index in [1.54, 1.807) is 11.4 Å². The van der Waals surface area contributed by atoms with Gasteiger partial charge in [0.2, 0.25) is 5.88 Å². The van der Waals surface area contributed by atoms with Crippen LogP contribution in [0.3, 0.4) is 0 Å². The Balaban J connectivity index is 2.18. The molecule has 2 N–H and O–H groups in total. The van der Waals surface area contributed by atoms with Gasteiger partial charge in [-0.05, 0) is 13.0 Å². The number of aryl methyl sites for hydroxylation is 1. The first-order valence-corrected chi connectivity index (χ1v) is 6.95. The van der Waals surface area contributed by atoms with Crippen LogP contribution in [0.15, 0.2) is 34.4 Å². The molecule has 0 fully saturated rings. The van der Waals surface area contributed by atoms with Gasteiger partial charge >= 0.3 is 0 Å². The second-order valence-electron chi connectivity index (χ2n) is 4.39. The third kappa shape index (κ3) is 2.43. The first-order valence-electron chi connectivity index (χ1n) is 6.07. The number of halogens is 1. The van der Waals surface area contributed by atoms with Crippen molar-refractivity contribution in [3.05, 3.63) is 51.5 Å². The highest BCUT2D eigenvalue weighted by Gasteiger charge is 2.17. The van der Waals surface area contributed by atoms with Gasteiger partial charge in [0.05, 0.1) is 0 Å². The van der Waals surface area contributed by atoms with Crippen molar-refractivity contribution < 1.29 is 9.50 Å². The van der Waals surface area contributed by atoms with Crippen LogP contribution in [0.1, 0.15) is 5.69 Å². The number of aromatic amines is 1. The van der Waals surface area contributed by atoms with Crippen LogP contribution in [0.25, 0.3) is 22.0 Å². The molecule has 2 aromatic heterocycles. The molecule has 0 saturated carbocycles. The average molecular weight is 303 g/mol. The number of thiazole rings is 1. The predicted molar refractivity (Wildman–Crippen MR) is 77.8 cm³/mol. The van der Waals surface area contributed by atoms with Gasteiger partial charge in [-0.2, -0.15) is 4.98 Å². The van der Waals surface area contributed by atoms with Crippen molar-refractivity contribution in [3.8, 4) is 27.8 Å². The largest absolute Gasteiger partial charge is 0.493 e. The Hall–Kier alpha value is -2.54. The van der Waals surface area contributed by atoms with Gasteiger partial charge < -0.3 is 10.1 Å². The number of benzene rings is 1. The molecule has 0 spiro atoms. The molecule has 1 aromatic carbocycles. The SMILES string of the molecule is Cc1csc(-c2nc(O)c(-c3ccccc3F)c(=O)[nH]2)n1. The van der Waals surface area contributed by atoms with Crippen molar-refractivity contribution in [1.82, 2.24) is 15.0 Å². The van der Waals surface area contributed by atoms with Gasteiger partial charge in [0.1, 0.15) is 11.4 Å². The molecule has 0 radical (unpaired) electrons. The molecule has 0 aliphatic rings. The summed E-state index contributed by atoms with van der Waals surface area (Å²) >= 11 is 1.30. The molecule has 0 bridgehead atoms. The Kier molecular flexibility index (Phi) is 3.26. The normalized spacial score (nSPS) is 10.8. The lowest BCUT2D eigenvalue weighted by Crippen LogP contribution is -2.12. The van der Waals surface area contributed by atoms with Crippen molar-refractivity contribution in [2.45, 2.75) is 6.92 Å². The average Bonchev–Trinajstić information content (AvgIpc) is 2.87.